The van der Waals surface area contributed by atoms with Crippen LogP contribution in [0, 0.1) is 11.3 Å². The number of rotatable bonds is 17. The SMILES string of the molecule is CC(C)(C)OC(=O)N1C[C@@H](O)C[C@H]1c1nn2ccc(Cl)c2c(=O)n1-c1ccccc1.COCCBr.COCCO[C@H]1C[C@@H](c2nn3ccc(Cl)c3c(=O)n2-c2ccccc2)N(C(=O)OC(C)(C)C)C1.COCCO[C@H]1C[C@@H](c2nn3ccc(Cl)c3c(=O)n2-c2ccccc2)N(c2ncnc3[nH]cc(C#N)c23)C1.S.S.S.S.S.S. The molecule has 2 N–H and O–H groups in total. The van der Waals surface area contributed by atoms with Crippen molar-refractivity contribution in [1.82, 2.24) is 67.3 Å². The number of hydrogen-bond donors (Lipinski definition) is 2. The Labute approximate surface area is 717 Å². The van der Waals surface area contributed by atoms with Crippen molar-refractivity contribution in [3.63, 3.8) is 0 Å². The van der Waals surface area contributed by atoms with E-state index < -0.39 is 47.6 Å². The summed E-state index contributed by atoms with van der Waals surface area (Å²) >= 11 is 22.1. The van der Waals surface area contributed by atoms with E-state index in [2.05, 4.69) is 46.8 Å². The molecule has 11 heterocycles. The summed E-state index contributed by atoms with van der Waals surface area (Å²) in [5.74, 6) is 1.79. The highest BCUT2D eigenvalue weighted by atomic mass is 79.9. The van der Waals surface area contributed by atoms with E-state index >= 15 is 0 Å². The zero-order chi connectivity index (χ0) is 76.4. The van der Waals surface area contributed by atoms with Crippen LogP contribution >= 0.6 is 132 Å². The number of aromatic nitrogens is 12. The third-order valence-corrected chi connectivity index (χ3v) is 18.6. The summed E-state index contributed by atoms with van der Waals surface area (Å²) < 4.78 is 47.2. The van der Waals surface area contributed by atoms with E-state index in [1.807, 2.05) is 105 Å². The number of para-hydroxylation sites is 3. The maximum atomic E-state index is 13.9. The quantitative estimate of drug-likeness (QED) is 0.0632. The first-order valence-electron chi connectivity index (χ1n) is 34.3. The van der Waals surface area contributed by atoms with Crippen molar-refractivity contribution in [3.05, 3.63) is 209 Å². The Hall–Kier alpha value is -7.42. The Morgan fingerprint density at radius 1 is 0.540 bits per heavy atom. The van der Waals surface area contributed by atoms with Gasteiger partial charge in [0.05, 0.1) is 126 Å². The van der Waals surface area contributed by atoms with Crippen LogP contribution in [0.15, 0.2) is 155 Å². The number of carbonyl (C=O) groups is 2. The average molecular weight is 1790 g/mol. The van der Waals surface area contributed by atoms with Crippen LogP contribution in [0.25, 0.3) is 44.6 Å². The van der Waals surface area contributed by atoms with Gasteiger partial charge in [0.25, 0.3) is 16.7 Å². The number of anilines is 1. The number of fused-ring (bicyclic) bond motifs is 4. The van der Waals surface area contributed by atoms with E-state index in [1.54, 1.807) is 107 Å². The van der Waals surface area contributed by atoms with Crippen molar-refractivity contribution in [2.24, 2.45) is 0 Å². The minimum atomic E-state index is -0.757. The summed E-state index contributed by atoms with van der Waals surface area (Å²) in [6.45, 7) is 14.1. The number of aromatic amines is 1. The van der Waals surface area contributed by atoms with Gasteiger partial charge in [0.2, 0.25) is 0 Å². The number of halogens is 4. The molecule has 2 amide bonds. The number of alkyl halides is 1. The molecule has 0 radical (unpaired) electrons. The number of nitrogens with one attached hydrogen (secondary N) is 1. The first kappa shape index (κ1) is 96.2. The molecule has 3 aliphatic heterocycles. The normalized spacial score (nSPS) is 17.0. The molecule has 6 atom stereocenters. The summed E-state index contributed by atoms with van der Waals surface area (Å²) in [6, 6.07) is 33.0. The summed E-state index contributed by atoms with van der Waals surface area (Å²) in [4.78, 5) is 83.9. The Kier molecular flexibility index (Phi) is 36.6. The van der Waals surface area contributed by atoms with Crippen LogP contribution < -0.4 is 21.6 Å². The van der Waals surface area contributed by atoms with Gasteiger partial charge in [-0.2, -0.15) is 102 Å². The second kappa shape index (κ2) is 43.0. The largest absolute Gasteiger partial charge is 0.444 e. The average Bonchev–Trinajstić information content (AvgIpc) is 1.66. The molecule has 113 heavy (non-hydrogen) atoms. The van der Waals surface area contributed by atoms with Gasteiger partial charge >= 0.3 is 12.2 Å². The van der Waals surface area contributed by atoms with Crippen molar-refractivity contribution in [1.29, 1.82) is 5.26 Å². The Morgan fingerprint density at radius 3 is 1.30 bits per heavy atom. The van der Waals surface area contributed by atoms with Crippen LogP contribution in [0.5, 0.6) is 0 Å². The highest BCUT2D eigenvalue weighted by molar-refractivity contribution is 9.09. The molecule has 0 saturated carbocycles. The van der Waals surface area contributed by atoms with Crippen LogP contribution in [0.4, 0.5) is 15.4 Å². The molecule has 11 aromatic rings. The number of aliphatic hydroxyl groups is 1. The second-order valence-corrected chi connectivity index (χ2v) is 29.1. The van der Waals surface area contributed by atoms with Crippen LogP contribution in [-0.4, -0.2) is 193 Å². The maximum Gasteiger partial charge on any atom is 0.411 e. The maximum absolute atomic E-state index is 13.9. The number of methoxy groups -OCH3 is 3. The number of aliphatic hydroxyl groups excluding tert-OH is 1. The lowest BCUT2D eigenvalue weighted by Gasteiger charge is -2.29. The number of β-amino-alcohol motifs (C(OH)–C–C–N with tert-alkyl or cyclic N) is 1. The molecule has 0 bridgehead atoms. The summed E-state index contributed by atoms with van der Waals surface area (Å²) in [7, 11) is 4.91. The molecule has 612 valence electrons. The van der Waals surface area contributed by atoms with Gasteiger partial charge in [-0.3, -0.25) is 37.9 Å². The van der Waals surface area contributed by atoms with Gasteiger partial charge in [-0.05, 0) is 96.1 Å². The number of benzene rings is 3. The smallest absolute Gasteiger partial charge is 0.411 e. The second-order valence-electron chi connectivity index (χ2n) is 27.1. The van der Waals surface area contributed by atoms with Crippen molar-refractivity contribution in [2.45, 2.75) is 108 Å². The lowest BCUT2D eigenvalue weighted by atomic mass is 10.1. The third kappa shape index (κ3) is 22.2. The van der Waals surface area contributed by atoms with E-state index in [4.69, 9.17) is 73.4 Å². The predicted octanol–water partition coefficient (Wildman–Crippen LogP) is 12.0. The highest BCUT2D eigenvalue weighted by Crippen LogP contribution is 2.41. The molecule has 3 saturated heterocycles. The molecular formula is C74H94BrCl3N16O13S6. The summed E-state index contributed by atoms with van der Waals surface area (Å²) in [6.07, 6.45) is 6.91. The van der Waals surface area contributed by atoms with E-state index in [-0.39, 0.29) is 134 Å². The Balaban J connectivity index is 0.000000288. The Bertz CT molecular complexity index is 5180. The van der Waals surface area contributed by atoms with Gasteiger partial charge < -0.3 is 48.1 Å². The topological polar surface area (TPSA) is 312 Å². The molecule has 14 rings (SSSR count). The number of amides is 2. The lowest BCUT2D eigenvalue weighted by molar-refractivity contribution is 0.00881. The number of carbonyl (C=O) groups excluding carboxylic acids is 2. The third-order valence-electron chi connectivity index (χ3n) is 17.4. The number of nitriles is 1. The van der Waals surface area contributed by atoms with Gasteiger partial charge in [0, 0.05) is 77.3 Å². The van der Waals surface area contributed by atoms with Gasteiger partial charge in [0.1, 0.15) is 51.6 Å². The molecule has 3 aromatic carbocycles. The van der Waals surface area contributed by atoms with E-state index in [1.165, 1.54) is 33.9 Å². The van der Waals surface area contributed by atoms with Crippen LogP contribution in [0.3, 0.4) is 0 Å². The zero-order valence-electron chi connectivity index (χ0n) is 63.3. The van der Waals surface area contributed by atoms with Crippen molar-refractivity contribution in [3.8, 4) is 23.1 Å². The van der Waals surface area contributed by atoms with E-state index in [0.717, 1.165) is 11.9 Å². The van der Waals surface area contributed by atoms with Gasteiger partial charge in [-0.15, -0.1) is 0 Å². The van der Waals surface area contributed by atoms with Gasteiger partial charge in [0.15, 0.2) is 17.5 Å². The molecule has 8 aromatic heterocycles. The molecule has 0 unspecified atom stereocenters. The first-order chi connectivity index (χ1) is 51.4. The number of likely N-dealkylation sites (tertiary alicyclic amines) is 2. The van der Waals surface area contributed by atoms with Gasteiger partial charge in [-0.1, -0.05) is 105 Å². The van der Waals surface area contributed by atoms with E-state index in [0.29, 0.717) is 130 Å². The fourth-order valence-corrected chi connectivity index (χ4v) is 13.9. The van der Waals surface area contributed by atoms with Crippen molar-refractivity contribution in [2.75, 3.05) is 84.2 Å². The molecule has 29 nitrogen and oxygen atoms in total. The lowest BCUT2D eigenvalue weighted by Crippen LogP contribution is -2.39. The molecule has 3 aliphatic rings. The Morgan fingerprint density at radius 2 is 0.920 bits per heavy atom. The van der Waals surface area contributed by atoms with Crippen LogP contribution in [0.2, 0.25) is 15.1 Å². The number of ether oxygens (including phenoxy) is 7. The zero-order valence-corrected chi connectivity index (χ0v) is 73.1. The predicted molar refractivity (Wildman–Crippen MR) is 468 cm³/mol. The first-order valence-corrected chi connectivity index (χ1v) is 36.6. The number of nitrogens with zero attached hydrogens (tertiary/aromatic N) is 15. The number of hydrogen-bond acceptors (Lipinski definition) is 20. The number of H-pyrrole nitrogens is 1. The molecule has 0 spiro atoms. The van der Waals surface area contributed by atoms with Gasteiger partial charge in [-0.25, -0.2) is 33.1 Å². The fourth-order valence-electron chi connectivity index (χ4n) is 12.9. The summed E-state index contributed by atoms with van der Waals surface area (Å²) in [5.41, 5.74) is 1.33. The minimum Gasteiger partial charge on any atom is -0.444 e. The van der Waals surface area contributed by atoms with Crippen molar-refractivity contribution >= 4 is 177 Å². The molecule has 3 fully saturated rings. The van der Waals surface area contributed by atoms with Crippen LogP contribution in [-0.2, 0) is 33.2 Å². The highest BCUT2D eigenvalue weighted by Gasteiger charge is 2.44. The summed E-state index contributed by atoms with van der Waals surface area (Å²) in [5, 5.41) is 36.8. The van der Waals surface area contributed by atoms with E-state index in [9.17, 15) is 34.3 Å². The molecule has 0 aliphatic carbocycles. The van der Waals surface area contributed by atoms with Crippen molar-refractivity contribution < 1.29 is 47.9 Å². The molecular weight excluding hydrogens is 1700 g/mol. The molecule has 39 heteroatoms. The monoisotopic (exact) mass is 1790 g/mol. The van der Waals surface area contributed by atoms with Crippen LogP contribution in [0.1, 0.15) is 102 Å². The fraction of sp³-hybridized carbons (Fsp3) is 0.392. The minimum absolute atomic E-state index is 0. The standard InChI is InChI=1S/C26H23ClN8O3.C24H29ClN4O5.C21H23ClN4O4.C3H7BrO.6H2S/c1-37-9-10-38-18-11-20(33(14-18)25-21-16(12-28)13-29-23(21)30-15-31-25)24-32-34-8-7-19(27)22(34)26(36)35(24)17-5-3-2-4-6-17;1-24(2,3)34-23(31)27-15-17(33-13-12-32-4)14-19(27)21-26-28-11-10-18(25)20(28)22(30)29(21)16-8-6-5-7-9-16;1-21(2,3)30-20(29)24-12-14(27)11-16(24)18-23-25-10-9-15(22)17(25)19(28)26(18)13-7-5-4-6-8-13;1-5-3-2-4;;;;;;/h2-8,13,15,18,20H,9-11,14H2,1H3,(H,29,30,31);5-11,17,19H,12-15H2,1-4H3;4-10,14,16,27H,11-12H2,1-3H3;2-3H2,1H3;6*1H2/t18-,20-;17-,19-;14-,16-;;;;;;;/m000......./s1.